The number of aryl methyl sites for hydroxylation is 3. The van der Waals surface area contributed by atoms with E-state index < -0.39 is 0 Å². The topological polar surface area (TPSA) is 52.0 Å². The first-order valence-corrected chi connectivity index (χ1v) is 10.7. The highest BCUT2D eigenvalue weighted by Gasteiger charge is 2.18. The van der Waals surface area contributed by atoms with E-state index in [0.29, 0.717) is 11.4 Å². The van der Waals surface area contributed by atoms with Gasteiger partial charge in [-0.15, -0.1) is 9.24 Å². The van der Waals surface area contributed by atoms with Crippen LogP contribution in [0.15, 0.2) is 60.7 Å². The molecule has 0 aliphatic heterocycles. The van der Waals surface area contributed by atoms with Crippen molar-refractivity contribution in [3.8, 4) is 11.1 Å². The molecule has 0 aliphatic carbocycles. The molecule has 5 rings (SSSR count). The van der Waals surface area contributed by atoms with Gasteiger partial charge in [-0.05, 0) is 98.3 Å². The number of nitrogen functional groups attached to an aromatic ring is 2. The number of benzene rings is 5. The second kappa shape index (κ2) is 6.72. The summed E-state index contributed by atoms with van der Waals surface area (Å²) >= 11 is 0. The molecule has 5 aromatic carbocycles. The Morgan fingerprint density at radius 2 is 1.20 bits per heavy atom. The van der Waals surface area contributed by atoms with E-state index in [1.165, 1.54) is 49.4 Å². The highest BCUT2D eigenvalue weighted by Crippen LogP contribution is 2.42. The fourth-order valence-electron chi connectivity index (χ4n) is 4.56. The van der Waals surface area contributed by atoms with Gasteiger partial charge in [0, 0.05) is 0 Å². The Balaban J connectivity index is 2.10. The summed E-state index contributed by atoms with van der Waals surface area (Å²) in [6.07, 6.45) is 0. The van der Waals surface area contributed by atoms with Gasteiger partial charge in [-0.3, -0.25) is 0 Å². The van der Waals surface area contributed by atoms with Gasteiger partial charge in [0.2, 0.25) is 0 Å². The zero-order chi connectivity index (χ0) is 21.2. The molecule has 0 amide bonds. The zero-order valence-corrected chi connectivity index (χ0v) is 18.7. The van der Waals surface area contributed by atoms with Crippen LogP contribution >= 0.6 is 9.24 Å². The second-order valence-corrected chi connectivity index (χ2v) is 8.91. The predicted octanol–water partition coefficient (Wildman–Crippen LogP) is 6.40. The van der Waals surface area contributed by atoms with E-state index in [2.05, 4.69) is 78.5 Å². The first-order chi connectivity index (χ1) is 14.3. The summed E-state index contributed by atoms with van der Waals surface area (Å²) in [6, 6.07) is 21.8. The smallest absolute Gasteiger partial charge is 0.0554 e. The van der Waals surface area contributed by atoms with E-state index in [9.17, 15) is 0 Å². The third-order valence-electron chi connectivity index (χ3n) is 6.25. The van der Waals surface area contributed by atoms with E-state index in [0.717, 1.165) is 16.1 Å². The Hall–Kier alpha value is -3.09. The van der Waals surface area contributed by atoms with E-state index >= 15 is 0 Å². The first kappa shape index (κ1) is 18.9. The Kier molecular flexibility index (Phi) is 4.24. The normalized spacial score (nSPS) is 11.6. The van der Waals surface area contributed by atoms with Crippen molar-refractivity contribution < 1.29 is 0 Å². The van der Waals surface area contributed by atoms with Gasteiger partial charge >= 0.3 is 0 Å². The molecule has 0 fully saturated rings. The lowest BCUT2D eigenvalue weighted by molar-refractivity contribution is 1.37. The van der Waals surface area contributed by atoms with Crippen LogP contribution in [0.1, 0.15) is 16.7 Å². The van der Waals surface area contributed by atoms with Gasteiger partial charge in [-0.25, -0.2) is 0 Å². The minimum absolute atomic E-state index is 0.619. The summed E-state index contributed by atoms with van der Waals surface area (Å²) in [5.74, 6) is 0. The van der Waals surface area contributed by atoms with Crippen LogP contribution in [0.5, 0.6) is 0 Å². The summed E-state index contributed by atoms with van der Waals surface area (Å²) in [4.78, 5) is 0. The van der Waals surface area contributed by atoms with Crippen molar-refractivity contribution >= 4 is 58.2 Å². The molecule has 1 atom stereocenters. The Morgan fingerprint density at radius 3 is 1.93 bits per heavy atom. The predicted molar refractivity (Wildman–Crippen MR) is 137 cm³/mol. The summed E-state index contributed by atoms with van der Waals surface area (Å²) in [5, 5.41) is 8.40. The van der Waals surface area contributed by atoms with Crippen LogP contribution in [0.25, 0.3) is 43.4 Å². The van der Waals surface area contributed by atoms with Gasteiger partial charge in [0.25, 0.3) is 0 Å². The summed E-state index contributed by atoms with van der Waals surface area (Å²) < 4.78 is 0. The molecule has 0 saturated heterocycles. The molecule has 5 aromatic rings. The van der Waals surface area contributed by atoms with Gasteiger partial charge in [0.15, 0.2) is 0 Å². The first-order valence-electron chi connectivity index (χ1n) is 10.2. The van der Waals surface area contributed by atoms with Crippen LogP contribution < -0.4 is 16.8 Å². The quantitative estimate of drug-likeness (QED) is 0.191. The van der Waals surface area contributed by atoms with Gasteiger partial charge in [0.05, 0.1) is 11.4 Å². The monoisotopic (exact) mass is 408 g/mol. The number of anilines is 2. The highest BCUT2D eigenvalue weighted by atomic mass is 31.0. The summed E-state index contributed by atoms with van der Waals surface area (Å²) in [7, 11) is 2.94. The highest BCUT2D eigenvalue weighted by molar-refractivity contribution is 7.29. The van der Waals surface area contributed by atoms with E-state index in [4.69, 9.17) is 11.5 Å². The van der Waals surface area contributed by atoms with Crippen molar-refractivity contribution in [3.05, 3.63) is 77.4 Å². The average molecular weight is 408 g/mol. The second-order valence-electron chi connectivity index (χ2n) is 8.33. The average Bonchev–Trinajstić information content (AvgIpc) is 2.71. The van der Waals surface area contributed by atoms with Gasteiger partial charge in [-0.2, -0.15) is 0 Å². The number of nitrogens with two attached hydrogens (primary N) is 2. The molecule has 1 unspecified atom stereocenters. The lowest BCUT2D eigenvalue weighted by Crippen LogP contribution is -2.04. The lowest BCUT2D eigenvalue weighted by atomic mass is 9.87. The number of rotatable bonds is 1. The van der Waals surface area contributed by atoms with Crippen LogP contribution in [0.3, 0.4) is 0 Å². The number of hydrogen-bond acceptors (Lipinski definition) is 2. The Morgan fingerprint density at radius 1 is 0.633 bits per heavy atom. The molecule has 0 saturated carbocycles. The fraction of sp³-hybridized carbons (Fsp3) is 0.111. The van der Waals surface area contributed by atoms with Crippen molar-refractivity contribution in [2.45, 2.75) is 20.8 Å². The molecule has 0 spiro atoms. The maximum Gasteiger partial charge on any atom is 0.0554 e. The molecule has 0 bridgehead atoms. The number of fused-ring (bicyclic) bond motifs is 3. The SMILES string of the molecule is Cc1cc(-c2c3cc(C)c(C)cc3c(P)c3cc(N)c(N)cc23)c2ccccc2c1. The van der Waals surface area contributed by atoms with Crippen molar-refractivity contribution in [2.75, 3.05) is 11.5 Å². The summed E-state index contributed by atoms with van der Waals surface area (Å²) in [5.41, 5.74) is 20.0. The molecule has 3 heteroatoms. The maximum atomic E-state index is 6.29. The zero-order valence-electron chi connectivity index (χ0n) is 17.5. The van der Waals surface area contributed by atoms with Crippen LogP contribution in [-0.4, -0.2) is 0 Å². The van der Waals surface area contributed by atoms with Gasteiger partial charge < -0.3 is 11.5 Å². The molecule has 0 heterocycles. The molecule has 0 aromatic heterocycles. The molecule has 30 heavy (non-hydrogen) atoms. The summed E-state index contributed by atoms with van der Waals surface area (Å²) in [6.45, 7) is 6.51. The third kappa shape index (κ3) is 2.75. The largest absolute Gasteiger partial charge is 0.397 e. The van der Waals surface area contributed by atoms with Crippen LogP contribution in [-0.2, 0) is 0 Å². The fourth-order valence-corrected chi connectivity index (χ4v) is 5.03. The van der Waals surface area contributed by atoms with Crippen LogP contribution in [0.4, 0.5) is 11.4 Å². The van der Waals surface area contributed by atoms with Crippen molar-refractivity contribution in [1.29, 1.82) is 0 Å². The van der Waals surface area contributed by atoms with Crippen molar-refractivity contribution in [1.82, 2.24) is 0 Å². The van der Waals surface area contributed by atoms with Gasteiger partial charge in [0.1, 0.15) is 0 Å². The standard InChI is InChI=1S/C27H25N2P/c1-14-8-17-6-4-5-7-18(17)19(9-14)26-20-10-15(2)16(3)11-22(20)27(30)23-13-25(29)24(28)12-21(23)26/h4-13H,28-30H2,1-3H3. The van der Waals surface area contributed by atoms with E-state index in [1.54, 1.807) is 0 Å². The molecule has 0 aliphatic rings. The molecule has 0 radical (unpaired) electrons. The van der Waals surface area contributed by atoms with Crippen molar-refractivity contribution in [2.24, 2.45) is 0 Å². The van der Waals surface area contributed by atoms with Crippen molar-refractivity contribution in [3.63, 3.8) is 0 Å². The molecule has 2 nitrogen and oxygen atoms in total. The molecule has 148 valence electrons. The number of hydrogen-bond donors (Lipinski definition) is 2. The van der Waals surface area contributed by atoms with E-state index in [1.807, 2.05) is 12.1 Å². The third-order valence-corrected chi connectivity index (χ3v) is 6.87. The Labute approximate surface area is 179 Å². The maximum absolute atomic E-state index is 6.29. The molecule has 4 N–H and O–H groups in total. The van der Waals surface area contributed by atoms with E-state index in [-0.39, 0.29) is 0 Å². The Bertz CT molecular complexity index is 1430. The molecular weight excluding hydrogens is 383 g/mol. The minimum Gasteiger partial charge on any atom is -0.397 e. The molecular formula is C27H25N2P. The lowest BCUT2D eigenvalue weighted by Gasteiger charge is -2.19. The minimum atomic E-state index is 0.619. The van der Waals surface area contributed by atoms with Crippen LogP contribution in [0.2, 0.25) is 0 Å². The van der Waals surface area contributed by atoms with Gasteiger partial charge in [-0.1, -0.05) is 48.5 Å². The van der Waals surface area contributed by atoms with Crippen LogP contribution in [0, 0.1) is 20.8 Å².